The Hall–Kier alpha value is -3.09. The van der Waals surface area contributed by atoms with Crippen molar-refractivity contribution >= 4 is 23.5 Å². The van der Waals surface area contributed by atoms with Crippen molar-refractivity contribution in [1.29, 1.82) is 0 Å². The number of nitrogens with one attached hydrogen (secondary N) is 1. The SMILES string of the molecule is CCOC(=O)c1cc(NC(=O)c2cc(C)n(C3CC3)c2C)cc(C(=O)OCC)c1. The van der Waals surface area contributed by atoms with Gasteiger partial charge in [-0.05, 0) is 64.8 Å². The van der Waals surface area contributed by atoms with E-state index < -0.39 is 11.9 Å². The van der Waals surface area contributed by atoms with Gasteiger partial charge in [0.2, 0.25) is 0 Å². The first kappa shape index (κ1) is 20.6. The Morgan fingerprint density at radius 2 is 1.52 bits per heavy atom. The fourth-order valence-corrected chi connectivity index (χ4v) is 3.46. The molecule has 3 rings (SSSR count). The maximum Gasteiger partial charge on any atom is 0.338 e. The summed E-state index contributed by atoms with van der Waals surface area (Å²) >= 11 is 0. The second-order valence-corrected chi connectivity index (χ2v) is 7.08. The summed E-state index contributed by atoms with van der Waals surface area (Å²) < 4.78 is 12.3. The van der Waals surface area contributed by atoms with Crippen molar-refractivity contribution in [2.24, 2.45) is 0 Å². The minimum atomic E-state index is -0.568. The van der Waals surface area contributed by atoms with Gasteiger partial charge in [0.1, 0.15) is 0 Å². The molecule has 0 saturated heterocycles. The largest absolute Gasteiger partial charge is 0.462 e. The van der Waals surface area contributed by atoms with Crippen molar-refractivity contribution in [3.8, 4) is 0 Å². The Morgan fingerprint density at radius 1 is 0.966 bits per heavy atom. The predicted octanol–water partition coefficient (Wildman–Crippen LogP) is 4.05. The summed E-state index contributed by atoms with van der Waals surface area (Å²) in [6, 6.07) is 6.74. The number of aryl methyl sites for hydroxylation is 1. The maximum absolute atomic E-state index is 12.9. The highest BCUT2D eigenvalue weighted by molar-refractivity contribution is 6.07. The van der Waals surface area contributed by atoms with Gasteiger partial charge in [0.25, 0.3) is 5.91 Å². The van der Waals surface area contributed by atoms with Crippen LogP contribution in [0.2, 0.25) is 0 Å². The average Bonchev–Trinajstić information content (AvgIpc) is 3.46. The van der Waals surface area contributed by atoms with Gasteiger partial charge in [-0.25, -0.2) is 9.59 Å². The van der Waals surface area contributed by atoms with Crippen LogP contribution in [-0.2, 0) is 9.47 Å². The number of rotatable bonds is 7. The van der Waals surface area contributed by atoms with E-state index in [0.29, 0.717) is 17.3 Å². The van der Waals surface area contributed by atoms with Crippen LogP contribution in [0.1, 0.15) is 75.2 Å². The number of hydrogen-bond acceptors (Lipinski definition) is 5. The van der Waals surface area contributed by atoms with Crippen LogP contribution in [0.4, 0.5) is 5.69 Å². The van der Waals surface area contributed by atoms with Crippen LogP contribution in [0.15, 0.2) is 24.3 Å². The summed E-state index contributed by atoms with van der Waals surface area (Å²) in [5.41, 5.74) is 3.22. The van der Waals surface area contributed by atoms with E-state index in [2.05, 4.69) is 9.88 Å². The minimum absolute atomic E-state index is 0.177. The van der Waals surface area contributed by atoms with E-state index in [0.717, 1.165) is 24.2 Å². The molecule has 7 heteroatoms. The zero-order chi connectivity index (χ0) is 21.1. The maximum atomic E-state index is 12.9. The van der Waals surface area contributed by atoms with Crippen molar-refractivity contribution in [3.05, 3.63) is 52.3 Å². The molecule has 1 amide bonds. The smallest absolute Gasteiger partial charge is 0.338 e. The molecule has 0 unspecified atom stereocenters. The fourth-order valence-electron chi connectivity index (χ4n) is 3.46. The van der Waals surface area contributed by atoms with Crippen LogP contribution >= 0.6 is 0 Å². The van der Waals surface area contributed by atoms with Crippen molar-refractivity contribution < 1.29 is 23.9 Å². The lowest BCUT2D eigenvalue weighted by molar-refractivity contribution is 0.0525. The molecule has 1 heterocycles. The first-order chi connectivity index (χ1) is 13.8. The van der Waals surface area contributed by atoms with Gasteiger partial charge in [-0.2, -0.15) is 0 Å². The highest BCUT2D eigenvalue weighted by atomic mass is 16.5. The molecular weight excluding hydrogens is 372 g/mol. The lowest BCUT2D eigenvalue weighted by Gasteiger charge is -2.11. The van der Waals surface area contributed by atoms with Gasteiger partial charge >= 0.3 is 11.9 Å². The summed E-state index contributed by atoms with van der Waals surface area (Å²) in [6.45, 7) is 7.73. The van der Waals surface area contributed by atoms with Crippen LogP contribution in [-0.4, -0.2) is 35.6 Å². The third kappa shape index (κ3) is 4.50. The van der Waals surface area contributed by atoms with E-state index >= 15 is 0 Å². The summed E-state index contributed by atoms with van der Waals surface area (Å²) in [7, 11) is 0. The molecule has 0 atom stereocenters. The predicted molar refractivity (Wildman–Crippen MR) is 108 cm³/mol. The average molecular weight is 398 g/mol. The zero-order valence-corrected chi connectivity index (χ0v) is 17.2. The molecule has 1 saturated carbocycles. The van der Waals surface area contributed by atoms with E-state index in [1.54, 1.807) is 13.8 Å². The molecule has 1 aliphatic carbocycles. The van der Waals surface area contributed by atoms with Crippen LogP contribution in [0, 0.1) is 13.8 Å². The van der Waals surface area contributed by atoms with Crippen molar-refractivity contribution in [3.63, 3.8) is 0 Å². The third-order valence-corrected chi connectivity index (χ3v) is 4.85. The van der Waals surface area contributed by atoms with E-state index in [9.17, 15) is 14.4 Å². The Balaban J connectivity index is 1.91. The Bertz CT molecular complexity index is 920. The molecule has 1 aromatic heterocycles. The minimum Gasteiger partial charge on any atom is -0.462 e. The zero-order valence-electron chi connectivity index (χ0n) is 17.2. The van der Waals surface area contributed by atoms with E-state index in [4.69, 9.17) is 9.47 Å². The summed E-state index contributed by atoms with van der Waals surface area (Å²) in [4.78, 5) is 37.3. The second kappa shape index (κ2) is 8.51. The number of nitrogens with zero attached hydrogens (tertiary/aromatic N) is 1. The molecule has 0 bridgehead atoms. The lowest BCUT2D eigenvalue weighted by Crippen LogP contribution is -2.15. The molecule has 29 heavy (non-hydrogen) atoms. The Kier molecular flexibility index (Phi) is 6.06. The van der Waals surface area contributed by atoms with Crippen LogP contribution in [0.3, 0.4) is 0 Å². The quantitative estimate of drug-likeness (QED) is 0.711. The van der Waals surface area contributed by atoms with Gasteiger partial charge in [0.05, 0.1) is 29.9 Å². The van der Waals surface area contributed by atoms with E-state index in [1.165, 1.54) is 18.2 Å². The molecule has 0 aliphatic heterocycles. The fraction of sp³-hybridized carbons (Fsp3) is 0.409. The molecule has 1 fully saturated rings. The topological polar surface area (TPSA) is 86.6 Å². The molecule has 0 spiro atoms. The molecule has 1 aliphatic rings. The molecule has 2 aromatic rings. The van der Waals surface area contributed by atoms with Gasteiger partial charge in [0, 0.05) is 23.1 Å². The number of carbonyl (C=O) groups excluding carboxylic acids is 3. The first-order valence-electron chi connectivity index (χ1n) is 9.84. The third-order valence-electron chi connectivity index (χ3n) is 4.85. The van der Waals surface area contributed by atoms with Gasteiger partial charge in [-0.3, -0.25) is 4.79 Å². The van der Waals surface area contributed by atoms with Gasteiger partial charge in [0.15, 0.2) is 0 Å². The lowest BCUT2D eigenvalue weighted by atomic mass is 10.1. The van der Waals surface area contributed by atoms with Gasteiger partial charge in [-0.15, -0.1) is 0 Å². The first-order valence-corrected chi connectivity index (χ1v) is 9.84. The number of aromatic nitrogens is 1. The summed E-state index contributed by atoms with van der Waals surface area (Å²) in [5, 5.41) is 2.81. The second-order valence-electron chi connectivity index (χ2n) is 7.08. The normalized spacial score (nSPS) is 13.1. The van der Waals surface area contributed by atoms with Crippen molar-refractivity contribution in [1.82, 2.24) is 4.57 Å². The molecule has 1 N–H and O–H groups in total. The molecule has 1 aromatic carbocycles. The van der Waals surface area contributed by atoms with E-state index in [-0.39, 0.29) is 30.2 Å². The Labute approximate surface area is 170 Å². The van der Waals surface area contributed by atoms with Crippen molar-refractivity contribution in [2.75, 3.05) is 18.5 Å². The van der Waals surface area contributed by atoms with Crippen LogP contribution < -0.4 is 5.32 Å². The highest BCUT2D eigenvalue weighted by Crippen LogP contribution is 2.38. The molecule has 7 nitrogen and oxygen atoms in total. The number of anilines is 1. The van der Waals surface area contributed by atoms with Gasteiger partial charge in [-0.1, -0.05) is 0 Å². The number of esters is 2. The molecular formula is C22H26N2O5. The van der Waals surface area contributed by atoms with Crippen LogP contribution in [0.25, 0.3) is 0 Å². The Morgan fingerprint density at radius 3 is 2.00 bits per heavy atom. The highest BCUT2D eigenvalue weighted by Gasteiger charge is 2.28. The number of hydrogen-bond donors (Lipinski definition) is 1. The standard InChI is InChI=1S/C22H26N2O5/c1-5-28-21(26)15-10-16(22(27)29-6-2)12-17(11-15)23-20(25)19-9-13(3)24(14(19)4)18-7-8-18/h9-12,18H,5-8H2,1-4H3,(H,23,25). The summed E-state index contributed by atoms with van der Waals surface area (Å²) in [6.07, 6.45) is 2.25. The van der Waals surface area contributed by atoms with Crippen LogP contribution in [0.5, 0.6) is 0 Å². The number of ether oxygens (including phenoxy) is 2. The number of carbonyl (C=O) groups is 3. The number of benzene rings is 1. The monoisotopic (exact) mass is 398 g/mol. The van der Waals surface area contributed by atoms with E-state index in [1.807, 2.05) is 19.9 Å². The molecule has 0 radical (unpaired) electrons. The van der Waals surface area contributed by atoms with Gasteiger partial charge < -0.3 is 19.4 Å². The molecule has 154 valence electrons. The van der Waals surface area contributed by atoms with Crippen molar-refractivity contribution in [2.45, 2.75) is 46.6 Å². The number of amides is 1. The summed E-state index contributed by atoms with van der Waals surface area (Å²) in [5.74, 6) is -1.43.